The number of morpholine rings is 1. The largest absolute Gasteiger partial charge is 0.378 e. The molecule has 1 aliphatic carbocycles. The van der Waals surface area contributed by atoms with Crippen molar-refractivity contribution >= 4 is 5.82 Å². The molecule has 24 heavy (non-hydrogen) atoms. The van der Waals surface area contributed by atoms with Crippen LogP contribution in [0.1, 0.15) is 24.7 Å². The number of ether oxygens (including phenoxy) is 1. The maximum Gasteiger partial charge on any atom is 0.230 e. The van der Waals surface area contributed by atoms with Gasteiger partial charge in [0.25, 0.3) is 0 Å². The molecule has 2 fully saturated rings. The molecular weight excluding hydrogens is 313 g/mol. The summed E-state index contributed by atoms with van der Waals surface area (Å²) in [4.78, 5) is 11.0. The summed E-state index contributed by atoms with van der Waals surface area (Å²) in [5, 5.41) is 3.99. The van der Waals surface area contributed by atoms with Gasteiger partial charge in [-0.25, -0.2) is 9.37 Å². The van der Waals surface area contributed by atoms with Gasteiger partial charge < -0.3 is 19.9 Å². The van der Waals surface area contributed by atoms with Crippen molar-refractivity contribution in [2.45, 2.75) is 24.4 Å². The zero-order valence-corrected chi connectivity index (χ0v) is 13.3. The van der Waals surface area contributed by atoms with Gasteiger partial charge in [0, 0.05) is 37.3 Å². The van der Waals surface area contributed by atoms with Crippen molar-refractivity contribution in [1.82, 2.24) is 15.1 Å². The number of aromatic nitrogens is 3. The average Bonchev–Trinajstić information content (AvgIpc) is 3.09. The highest BCUT2D eigenvalue weighted by molar-refractivity contribution is 5.56. The number of pyridine rings is 1. The number of anilines is 1. The molecule has 0 radical (unpaired) electrons. The number of hydrogen-bond acceptors (Lipinski definition) is 7. The van der Waals surface area contributed by atoms with Crippen LogP contribution in [0.4, 0.5) is 10.2 Å². The van der Waals surface area contributed by atoms with Crippen LogP contribution in [0.15, 0.2) is 22.9 Å². The number of hydrogen-bond donors (Lipinski definition) is 1. The average molecular weight is 333 g/mol. The van der Waals surface area contributed by atoms with Gasteiger partial charge in [-0.15, -0.1) is 0 Å². The molecule has 4 rings (SSSR count). The fourth-order valence-electron chi connectivity index (χ4n) is 3.18. The minimum absolute atomic E-state index is 0.0391. The van der Waals surface area contributed by atoms with E-state index in [1.807, 2.05) is 12.1 Å². The molecule has 0 bridgehead atoms. The third-order valence-corrected chi connectivity index (χ3v) is 4.72. The Bertz CT molecular complexity index is 693. The molecule has 2 aromatic heterocycles. The van der Waals surface area contributed by atoms with Gasteiger partial charge in [0.05, 0.1) is 13.2 Å². The van der Waals surface area contributed by atoms with Crippen molar-refractivity contribution in [3.63, 3.8) is 0 Å². The summed E-state index contributed by atoms with van der Waals surface area (Å²) in [5.41, 5.74) is 4.93. The van der Waals surface area contributed by atoms with Gasteiger partial charge >= 0.3 is 0 Å². The highest BCUT2D eigenvalue weighted by Crippen LogP contribution is 2.46. The van der Waals surface area contributed by atoms with Crippen molar-refractivity contribution in [3.05, 3.63) is 24.2 Å². The summed E-state index contributed by atoms with van der Waals surface area (Å²) >= 11 is 0. The second-order valence-electron chi connectivity index (χ2n) is 6.42. The van der Waals surface area contributed by atoms with E-state index in [9.17, 15) is 4.39 Å². The van der Waals surface area contributed by atoms with Crippen molar-refractivity contribution in [2.75, 3.05) is 37.7 Å². The maximum atomic E-state index is 13.9. The topological polar surface area (TPSA) is 90.3 Å². The Morgan fingerprint density at radius 2 is 2.08 bits per heavy atom. The number of nitrogens with two attached hydrogens (primary N) is 1. The molecule has 2 aliphatic rings. The van der Waals surface area contributed by atoms with E-state index in [4.69, 9.17) is 15.0 Å². The SMILES string of the molecule is NCC1(F)CC(c2nc(-c3ccc(N4CCOCC4)nc3)no2)C1. The van der Waals surface area contributed by atoms with Crippen LogP contribution in [-0.2, 0) is 4.74 Å². The first-order valence-corrected chi connectivity index (χ1v) is 8.19. The van der Waals surface area contributed by atoms with Crippen LogP contribution in [0.3, 0.4) is 0 Å². The molecule has 128 valence electrons. The first-order chi connectivity index (χ1) is 11.7. The Balaban J connectivity index is 1.45. The van der Waals surface area contributed by atoms with E-state index in [1.165, 1.54) is 0 Å². The number of halogens is 1. The van der Waals surface area contributed by atoms with Crippen molar-refractivity contribution in [3.8, 4) is 11.4 Å². The molecular formula is C16H20FN5O2. The maximum absolute atomic E-state index is 13.9. The molecule has 2 N–H and O–H groups in total. The van der Waals surface area contributed by atoms with Crippen LogP contribution >= 0.6 is 0 Å². The van der Waals surface area contributed by atoms with Gasteiger partial charge in [-0.3, -0.25) is 0 Å². The number of alkyl halides is 1. The first-order valence-electron chi connectivity index (χ1n) is 8.19. The van der Waals surface area contributed by atoms with E-state index < -0.39 is 5.67 Å². The fraction of sp³-hybridized carbons (Fsp3) is 0.562. The second-order valence-corrected chi connectivity index (χ2v) is 6.42. The van der Waals surface area contributed by atoms with Crippen LogP contribution in [0, 0.1) is 0 Å². The highest BCUT2D eigenvalue weighted by Gasteiger charge is 2.46. The number of nitrogens with zero attached hydrogens (tertiary/aromatic N) is 4. The summed E-state index contributed by atoms with van der Waals surface area (Å²) in [6, 6.07) is 3.87. The van der Waals surface area contributed by atoms with Gasteiger partial charge in [0.1, 0.15) is 11.5 Å². The highest BCUT2D eigenvalue weighted by atomic mass is 19.1. The Morgan fingerprint density at radius 3 is 2.75 bits per heavy atom. The summed E-state index contributed by atoms with van der Waals surface area (Å²) in [5.74, 6) is 1.83. The molecule has 0 atom stereocenters. The fourth-order valence-corrected chi connectivity index (χ4v) is 3.18. The molecule has 1 saturated carbocycles. The van der Waals surface area contributed by atoms with E-state index in [0.717, 1.165) is 37.7 Å². The third kappa shape index (κ3) is 2.87. The van der Waals surface area contributed by atoms with Crippen LogP contribution < -0.4 is 10.6 Å². The Kier molecular flexibility index (Phi) is 3.93. The monoisotopic (exact) mass is 333 g/mol. The predicted octanol–water partition coefficient (Wildman–Crippen LogP) is 1.51. The van der Waals surface area contributed by atoms with Gasteiger partial charge in [-0.05, 0) is 25.0 Å². The number of rotatable bonds is 4. The lowest BCUT2D eigenvalue weighted by Crippen LogP contribution is -2.44. The van der Waals surface area contributed by atoms with Gasteiger partial charge in [0.2, 0.25) is 11.7 Å². The quantitative estimate of drug-likeness (QED) is 0.907. The van der Waals surface area contributed by atoms with Crippen LogP contribution in [0.2, 0.25) is 0 Å². The summed E-state index contributed by atoms with van der Waals surface area (Å²) in [7, 11) is 0. The van der Waals surface area contributed by atoms with Gasteiger partial charge in [-0.2, -0.15) is 4.98 Å². The molecule has 0 aromatic carbocycles. The Morgan fingerprint density at radius 1 is 1.29 bits per heavy atom. The normalized spacial score (nSPS) is 27.1. The molecule has 3 heterocycles. The van der Waals surface area contributed by atoms with Crippen LogP contribution in [0.5, 0.6) is 0 Å². The first kappa shape index (κ1) is 15.5. The van der Waals surface area contributed by atoms with E-state index in [2.05, 4.69) is 20.0 Å². The smallest absolute Gasteiger partial charge is 0.230 e. The van der Waals surface area contributed by atoms with E-state index in [-0.39, 0.29) is 12.5 Å². The van der Waals surface area contributed by atoms with Crippen LogP contribution in [-0.4, -0.2) is 53.6 Å². The summed E-state index contributed by atoms with van der Waals surface area (Å²) < 4.78 is 24.5. The second kappa shape index (κ2) is 6.10. The standard InChI is InChI=1S/C16H20FN5O2/c17-16(10-18)7-12(8-16)15-20-14(21-24-15)11-1-2-13(19-9-11)22-3-5-23-6-4-22/h1-2,9,12H,3-8,10,18H2. The van der Waals surface area contributed by atoms with Crippen molar-refractivity contribution in [1.29, 1.82) is 0 Å². The lowest BCUT2D eigenvalue weighted by Gasteiger charge is -2.38. The summed E-state index contributed by atoms with van der Waals surface area (Å²) in [6.45, 7) is 3.16. The predicted molar refractivity (Wildman–Crippen MR) is 85.4 cm³/mol. The molecule has 7 nitrogen and oxygen atoms in total. The third-order valence-electron chi connectivity index (χ3n) is 4.72. The lowest BCUT2D eigenvalue weighted by atomic mass is 9.72. The Hall–Kier alpha value is -2.06. The molecule has 0 amide bonds. The van der Waals surface area contributed by atoms with Crippen molar-refractivity contribution in [2.24, 2.45) is 5.73 Å². The minimum Gasteiger partial charge on any atom is -0.378 e. The molecule has 8 heteroatoms. The van der Waals surface area contributed by atoms with Gasteiger partial charge in [-0.1, -0.05) is 5.16 Å². The lowest BCUT2D eigenvalue weighted by molar-refractivity contribution is 0.0380. The van der Waals surface area contributed by atoms with Crippen molar-refractivity contribution < 1.29 is 13.7 Å². The molecule has 0 spiro atoms. The zero-order chi connectivity index (χ0) is 16.6. The van der Waals surface area contributed by atoms with E-state index in [0.29, 0.717) is 24.6 Å². The summed E-state index contributed by atoms with van der Waals surface area (Å²) in [6.07, 6.45) is 2.43. The van der Waals surface area contributed by atoms with E-state index in [1.54, 1.807) is 6.20 Å². The van der Waals surface area contributed by atoms with E-state index >= 15 is 0 Å². The molecule has 0 unspecified atom stereocenters. The van der Waals surface area contributed by atoms with Gasteiger partial charge in [0.15, 0.2) is 0 Å². The molecule has 1 saturated heterocycles. The molecule has 2 aromatic rings. The van der Waals surface area contributed by atoms with Crippen LogP contribution in [0.25, 0.3) is 11.4 Å². The molecule has 1 aliphatic heterocycles. The minimum atomic E-state index is -1.28. The zero-order valence-electron chi connectivity index (χ0n) is 13.3. The Labute approximate surface area is 139 Å².